The molecule has 27 heavy (non-hydrogen) atoms. The van der Waals surface area contributed by atoms with Crippen LogP contribution in [0.25, 0.3) is 11.0 Å². The number of hydrogen-bond acceptors (Lipinski definition) is 5. The molecule has 0 fully saturated rings. The molecule has 0 radical (unpaired) electrons. The maximum atomic E-state index is 12.6. The maximum absolute atomic E-state index is 12.6. The van der Waals surface area contributed by atoms with Gasteiger partial charge in [-0.1, -0.05) is 0 Å². The smallest absolute Gasteiger partial charge is 0.416 e. The van der Waals surface area contributed by atoms with Gasteiger partial charge in [0.05, 0.1) is 11.1 Å². The van der Waals surface area contributed by atoms with Gasteiger partial charge in [0, 0.05) is 22.6 Å². The second-order valence-electron chi connectivity index (χ2n) is 5.83. The summed E-state index contributed by atoms with van der Waals surface area (Å²) in [4.78, 5) is 23.8. The van der Waals surface area contributed by atoms with Crippen LogP contribution in [-0.4, -0.2) is 11.1 Å². The summed E-state index contributed by atoms with van der Waals surface area (Å²) in [6.07, 6.45) is -4.50. The summed E-state index contributed by atoms with van der Waals surface area (Å²) in [5.41, 5.74) is -0.727. The lowest BCUT2D eigenvalue weighted by atomic mass is 10.1. The minimum Gasteiger partial charge on any atom is -0.508 e. The van der Waals surface area contributed by atoms with Gasteiger partial charge in [0.25, 0.3) is 0 Å². The van der Waals surface area contributed by atoms with E-state index in [2.05, 4.69) is 0 Å². The van der Waals surface area contributed by atoms with Crippen LogP contribution in [0, 0.1) is 6.92 Å². The van der Waals surface area contributed by atoms with Gasteiger partial charge in [-0.25, -0.2) is 9.59 Å². The number of carbonyl (C=O) groups excluding carboxylic acids is 1. The highest BCUT2D eigenvalue weighted by Gasteiger charge is 2.30. The molecule has 140 valence electrons. The first-order valence-corrected chi connectivity index (χ1v) is 7.76. The molecule has 0 unspecified atom stereocenters. The largest absolute Gasteiger partial charge is 0.508 e. The fraction of sp³-hybridized carbons (Fsp3) is 0.158. The van der Waals surface area contributed by atoms with Gasteiger partial charge in [-0.05, 0) is 43.3 Å². The molecule has 1 heterocycles. The molecule has 1 aromatic heterocycles. The molecular formula is C19H13F3O5. The molecule has 8 heteroatoms. The number of ether oxygens (including phenoxy) is 1. The first kappa shape index (κ1) is 18.5. The van der Waals surface area contributed by atoms with Crippen molar-refractivity contribution in [2.45, 2.75) is 19.7 Å². The molecule has 0 aliphatic heterocycles. The van der Waals surface area contributed by atoms with E-state index in [4.69, 9.17) is 9.15 Å². The van der Waals surface area contributed by atoms with E-state index in [-0.39, 0.29) is 23.5 Å². The third-order valence-corrected chi connectivity index (χ3v) is 4.02. The van der Waals surface area contributed by atoms with Crippen molar-refractivity contribution in [1.82, 2.24) is 0 Å². The van der Waals surface area contributed by atoms with Crippen molar-refractivity contribution in [3.05, 3.63) is 75.1 Å². The van der Waals surface area contributed by atoms with Crippen molar-refractivity contribution in [2.75, 3.05) is 0 Å². The average Bonchev–Trinajstić information content (AvgIpc) is 2.62. The lowest BCUT2D eigenvalue weighted by Crippen LogP contribution is -2.09. The molecule has 3 rings (SSSR count). The molecule has 0 atom stereocenters. The number of phenols is 1. The molecule has 0 bridgehead atoms. The molecule has 1 N–H and O–H groups in total. The van der Waals surface area contributed by atoms with Crippen LogP contribution in [-0.2, 0) is 17.5 Å². The summed E-state index contributed by atoms with van der Waals surface area (Å²) in [6, 6.07) is 7.69. The van der Waals surface area contributed by atoms with Crippen molar-refractivity contribution in [1.29, 1.82) is 0 Å². The number of aryl methyl sites for hydroxylation is 1. The van der Waals surface area contributed by atoms with Crippen LogP contribution >= 0.6 is 0 Å². The van der Waals surface area contributed by atoms with Gasteiger partial charge in [0.15, 0.2) is 0 Å². The monoisotopic (exact) mass is 378 g/mol. The van der Waals surface area contributed by atoms with Gasteiger partial charge in [0.1, 0.15) is 17.9 Å². The van der Waals surface area contributed by atoms with E-state index in [1.54, 1.807) is 6.92 Å². The van der Waals surface area contributed by atoms with Gasteiger partial charge >= 0.3 is 17.8 Å². The summed E-state index contributed by atoms with van der Waals surface area (Å²) in [6.45, 7) is 1.28. The highest BCUT2D eigenvalue weighted by atomic mass is 19.4. The molecule has 2 aromatic carbocycles. The zero-order chi connectivity index (χ0) is 19.8. The highest BCUT2D eigenvalue weighted by molar-refractivity contribution is 5.90. The first-order chi connectivity index (χ1) is 12.7. The van der Waals surface area contributed by atoms with Crippen LogP contribution in [0.4, 0.5) is 13.2 Å². The van der Waals surface area contributed by atoms with Crippen molar-refractivity contribution in [3.8, 4) is 5.75 Å². The zero-order valence-corrected chi connectivity index (χ0v) is 14.0. The number of alkyl halides is 3. The van der Waals surface area contributed by atoms with E-state index in [1.165, 1.54) is 12.1 Å². The van der Waals surface area contributed by atoms with Crippen LogP contribution in [0.5, 0.6) is 5.75 Å². The Kier molecular flexibility index (Phi) is 4.65. The Morgan fingerprint density at radius 1 is 1.15 bits per heavy atom. The van der Waals surface area contributed by atoms with Crippen molar-refractivity contribution >= 4 is 16.9 Å². The van der Waals surface area contributed by atoms with Crippen LogP contribution in [0.3, 0.4) is 0 Å². The van der Waals surface area contributed by atoms with E-state index < -0.39 is 23.3 Å². The Bertz CT molecular complexity index is 1070. The van der Waals surface area contributed by atoms with Gasteiger partial charge in [-0.3, -0.25) is 0 Å². The molecule has 0 amide bonds. The molecule has 0 spiro atoms. The quantitative estimate of drug-likeness (QED) is 0.546. The summed E-state index contributed by atoms with van der Waals surface area (Å²) in [7, 11) is 0. The number of esters is 1. The Labute approximate surface area is 150 Å². The number of phenolic OH excluding ortho intramolecular Hbond substituents is 1. The van der Waals surface area contributed by atoms with E-state index in [1.807, 2.05) is 0 Å². The average molecular weight is 378 g/mol. The lowest BCUT2D eigenvalue weighted by molar-refractivity contribution is -0.137. The van der Waals surface area contributed by atoms with Crippen molar-refractivity contribution in [3.63, 3.8) is 0 Å². The molecule has 5 nitrogen and oxygen atoms in total. The normalized spacial score (nSPS) is 11.6. The van der Waals surface area contributed by atoms with Crippen LogP contribution in [0.2, 0.25) is 0 Å². The zero-order valence-electron chi connectivity index (χ0n) is 14.0. The molecule has 0 aliphatic carbocycles. The Hall–Kier alpha value is -3.29. The number of carbonyl (C=O) groups is 1. The number of benzene rings is 2. The number of rotatable bonds is 3. The Morgan fingerprint density at radius 2 is 1.81 bits per heavy atom. The molecular weight excluding hydrogens is 365 g/mol. The predicted molar refractivity (Wildman–Crippen MR) is 89.4 cm³/mol. The van der Waals surface area contributed by atoms with Crippen LogP contribution in [0.1, 0.15) is 27.0 Å². The fourth-order valence-electron chi connectivity index (χ4n) is 2.56. The lowest BCUT2D eigenvalue weighted by Gasteiger charge is -2.10. The minimum absolute atomic E-state index is 0.0513. The molecule has 0 saturated heterocycles. The predicted octanol–water partition coefficient (Wildman–Crippen LogP) is 4.18. The number of halogens is 3. The second kappa shape index (κ2) is 6.79. The minimum atomic E-state index is -4.50. The first-order valence-electron chi connectivity index (χ1n) is 7.76. The van der Waals surface area contributed by atoms with Gasteiger partial charge in [0.2, 0.25) is 0 Å². The molecule has 0 saturated carbocycles. The third-order valence-electron chi connectivity index (χ3n) is 4.02. The summed E-state index contributed by atoms with van der Waals surface area (Å²) in [5.74, 6) is -0.884. The van der Waals surface area contributed by atoms with Crippen molar-refractivity contribution < 1.29 is 32.2 Å². The number of hydrogen-bond donors (Lipinski definition) is 1. The summed E-state index contributed by atoms with van der Waals surface area (Å²) >= 11 is 0. The van der Waals surface area contributed by atoms with Crippen molar-refractivity contribution in [2.24, 2.45) is 0 Å². The third kappa shape index (κ3) is 3.79. The standard InChI is InChI=1S/C19H13F3O5/c1-10-15(23)7-6-14-12(8-16(24)27-17(10)14)9-26-18(25)11-2-4-13(5-3-11)19(20,21)22/h2-8,23H,9H2,1H3. The SMILES string of the molecule is Cc1c(O)ccc2c(COC(=O)c3ccc(C(F)(F)F)cc3)cc(=O)oc12. The number of fused-ring (bicyclic) bond motifs is 1. The fourth-order valence-corrected chi connectivity index (χ4v) is 2.56. The van der Waals surface area contributed by atoms with Gasteiger partial charge in [-0.15, -0.1) is 0 Å². The molecule has 3 aromatic rings. The van der Waals surface area contributed by atoms with E-state index in [0.717, 1.165) is 30.3 Å². The topological polar surface area (TPSA) is 76.7 Å². The number of aromatic hydroxyl groups is 1. The maximum Gasteiger partial charge on any atom is 0.416 e. The van der Waals surface area contributed by atoms with Gasteiger partial charge < -0.3 is 14.3 Å². The van der Waals surface area contributed by atoms with Crippen LogP contribution < -0.4 is 5.63 Å². The summed E-state index contributed by atoms with van der Waals surface area (Å²) < 4.78 is 47.9. The van der Waals surface area contributed by atoms with E-state index in [0.29, 0.717) is 16.5 Å². The highest BCUT2D eigenvalue weighted by Crippen LogP contribution is 2.30. The second-order valence-corrected chi connectivity index (χ2v) is 5.83. The van der Waals surface area contributed by atoms with Crippen LogP contribution in [0.15, 0.2) is 51.7 Å². The van der Waals surface area contributed by atoms with E-state index in [9.17, 15) is 27.9 Å². The summed E-state index contributed by atoms with van der Waals surface area (Å²) in [5, 5.41) is 10.2. The molecule has 0 aliphatic rings. The van der Waals surface area contributed by atoms with E-state index >= 15 is 0 Å². The Balaban J connectivity index is 1.83. The Morgan fingerprint density at radius 3 is 2.44 bits per heavy atom. The van der Waals surface area contributed by atoms with Gasteiger partial charge in [-0.2, -0.15) is 13.2 Å².